The average molecular weight is 1990 g/mol. The van der Waals surface area contributed by atoms with E-state index in [1.165, 1.54) is 85.0 Å². The highest BCUT2D eigenvalue weighted by atomic mass is 35.5. The highest BCUT2D eigenvalue weighted by molar-refractivity contribution is 6.19. The van der Waals surface area contributed by atoms with Crippen LogP contribution in [-0.2, 0) is 60.6 Å². The van der Waals surface area contributed by atoms with E-state index in [9.17, 15) is 61.2 Å². The number of carboxylic acid groups (broad SMARTS) is 1. The van der Waals surface area contributed by atoms with Gasteiger partial charge in [0.2, 0.25) is 0 Å². The highest BCUT2D eigenvalue weighted by Crippen LogP contribution is 2.39. The first kappa shape index (κ1) is 121. The number of carboxylic acids is 1. The second-order valence-corrected chi connectivity index (χ2v) is 38.8. The predicted octanol–water partition coefficient (Wildman–Crippen LogP) is 18.9. The number of ether oxygens (including phenoxy) is 8. The van der Waals surface area contributed by atoms with Crippen LogP contribution in [0.4, 0.5) is 58.0 Å². The molecule has 9 N–H and O–H groups in total. The van der Waals surface area contributed by atoms with Crippen molar-refractivity contribution >= 4 is 107 Å². The molecule has 10 rings (SSSR count). The number of anilines is 2. The summed E-state index contributed by atoms with van der Waals surface area (Å²) in [6, 6.07) is 29.4. The Morgan fingerprint density at radius 3 is 1.17 bits per heavy atom. The van der Waals surface area contributed by atoms with Crippen molar-refractivity contribution in [3.63, 3.8) is 0 Å². The van der Waals surface area contributed by atoms with Crippen molar-refractivity contribution in [3.8, 4) is 12.1 Å². The molecule has 5 amide bonds. The summed E-state index contributed by atoms with van der Waals surface area (Å²) in [5.41, 5.74) is 14.8. The molecular weight excluding hydrogens is 1850 g/mol. The van der Waals surface area contributed by atoms with Crippen LogP contribution in [0.15, 0.2) is 122 Å². The van der Waals surface area contributed by atoms with Gasteiger partial charge in [-0.25, -0.2) is 71.1 Å². The zero-order valence-electron chi connectivity index (χ0n) is 81.3. The van der Waals surface area contributed by atoms with Gasteiger partial charge in [-0.1, -0.05) is 48.5 Å². The van der Waals surface area contributed by atoms with E-state index >= 15 is 0 Å². The Morgan fingerprint density at radius 2 is 0.846 bits per heavy atom. The first-order valence-corrected chi connectivity index (χ1v) is 46.3. The van der Waals surface area contributed by atoms with Crippen LogP contribution in [0, 0.1) is 45.9 Å². The second kappa shape index (κ2) is 59.3. The number of carbonyl (C=O) groups is 8. The molecule has 0 radical (unpaired) electrons. The molecule has 0 saturated carbocycles. The summed E-state index contributed by atoms with van der Waals surface area (Å²) < 4.78 is 93.4. The van der Waals surface area contributed by atoms with E-state index in [0.717, 1.165) is 43.0 Å². The van der Waals surface area contributed by atoms with Gasteiger partial charge in [0.25, 0.3) is 5.91 Å². The van der Waals surface area contributed by atoms with E-state index in [1.807, 2.05) is 101 Å². The number of carbonyl (C=O) groups excluding carboxylic acids is 7. The number of aromatic nitrogens is 4. The maximum Gasteiger partial charge on any atom is 0.519 e. The van der Waals surface area contributed by atoms with Gasteiger partial charge in [-0.05, 0) is 247 Å². The normalized spacial score (nSPS) is 14.6. The molecular formula is C96H139Cl4F4N15O17. The average Bonchev–Trinajstić information content (AvgIpc) is 1.81. The number of rotatable bonds is 17. The third-order valence-electron chi connectivity index (χ3n) is 19.2. The van der Waals surface area contributed by atoms with Crippen LogP contribution in [0.1, 0.15) is 221 Å². The first-order valence-electron chi connectivity index (χ1n) is 44.2. The predicted molar refractivity (Wildman–Crippen MR) is 517 cm³/mol. The molecule has 4 saturated heterocycles. The summed E-state index contributed by atoms with van der Waals surface area (Å²) in [5.74, 6) is -0.763. The minimum atomic E-state index is -1.16. The number of benzene rings is 4. The number of likely N-dealkylation sites (tertiary alicyclic amines) is 3. The van der Waals surface area contributed by atoms with Crippen molar-refractivity contribution in [3.05, 3.63) is 179 Å². The SMILES string of the molecule is C1CCOC1.CC(C)(C)OC(=O)N(CCCl)CCCl.CC(C)(C)OC(=O)N1CCC(C#N)(c2cccc(F)c2)CC1.CC(C)(C)OC(=O)N1CCC(CN)(c2cccc(F)c2)CC1.CC(C)(C)OC(=O)N1CCC(CNC(=O)c2nccnc2N)(c2cccc(F)c2)CC1.CC(C)(C)OC(=O)OC(=O)OC(C)(C)C.ClCCNCCCl.N#CCc1cccc(F)c1.Nc1nccnc1C(=O)O.[HH]. The summed E-state index contributed by atoms with van der Waals surface area (Å²) >= 11 is 21.8. The summed E-state index contributed by atoms with van der Waals surface area (Å²) in [4.78, 5) is 114. The Labute approximate surface area is 818 Å². The summed E-state index contributed by atoms with van der Waals surface area (Å²) in [5, 5.41) is 32.1. The molecule has 0 spiro atoms. The fraction of sp³-hybridized carbons (Fsp3) is 0.562. The fourth-order valence-corrected chi connectivity index (χ4v) is 13.3. The Bertz CT molecular complexity index is 4730. The molecule has 4 aromatic carbocycles. The van der Waals surface area contributed by atoms with Crippen molar-refractivity contribution in [2.24, 2.45) is 5.73 Å². The lowest BCUT2D eigenvalue weighted by Crippen LogP contribution is -2.51. The molecule has 0 unspecified atom stereocenters. The maximum atomic E-state index is 14.0. The van der Waals surface area contributed by atoms with Gasteiger partial charge in [0.1, 0.15) is 56.9 Å². The highest BCUT2D eigenvalue weighted by Gasteiger charge is 2.43. The molecule has 0 atom stereocenters. The van der Waals surface area contributed by atoms with Gasteiger partial charge in [0.15, 0.2) is 23.0 Å². The molecule has 0 bridgehead atoms. The first-order chi connectivity index (χ1) is 63.5. The molecule has 756 valence electrons. The van der Waals surface area contributed by atoms with Gasteiger partial charge < -0.3 is 90.4 Å². The number of hydrogen-bond donors (Lipinski definition) is 6. The van der Waals surface area contributed by atoms with Gasteiger partial charge in [-0.15, -0.1) is 46.4 Å². The standard InChI is InChI=1S/C22H28FN5O3.C17H25FN2O2.C17H21FN2O2.C10H18O5.C9H17Cl2NO2.C8H6FN.C5H5N3O2.C4H9Cl2N.C4H8O.H2/c1-21(2,3)31-20(30)28-11-7-22(8-12-28,15-5-4-6-16(23)13-15)14-27-19(29)17-18(24)26-10-9-25-17;2*1-16(2,3)22-15(21)20-9-7-17(12-19,8-10-20)13-5-4-6-14(18)11-13;1-9(2,3)14-7(11)13-8(12)15-10(4,5)6;1-9(2,3)14-8(13)12(6-4-10)7-5-11;9-8-3-1-2-7(6-8)4-5-10;6-4-3(5(9)10)7-1-2-8-4;5-1-3-7-4-2-6;1-2-4-5-3-1;/h4-6,9-10,13H,7-8,11-12,14H2,1-3H3,(H2,24,26)(H,27,29);4-6,11H,7-10,12,19H2,1-3H3;4-6,11H,7-10H2,1-3H3;1-6H3;4-7H2,1-3H3;1-3,6H,4H2;1-2H,(H2,6,8)(H,9,10);7H,1-4H2;1-4H2;1H. The minimum absolute atomic E-state index is 0. The Kier molecular flexibility index (Phi) is 52.9. The second-order valence-electron chi connectivity index (χ2n) is 37.2. The molecule has 136 heavy (non-hydrogen) atoms. The number of nitrogen functional groups attached to an aromatic ring is 2. The molecule has 6 aromatic rings. The molecule has 2 aromatic heterocycles. The molecule has 4 aliphatic rings. The number of aromatic carboxylic acids is 1. The molecule has 4 fully saturated rings. The van der Waals surface area contributed by atoms with Crippen LogP contribution in [0.2, 0.25) is 0 Å². The zero-order chi connectivity index (χ0) is 103. The number of nitrogens with one attached hydrogen (secondary N) is 2. The third-order valence-corrected chi connectivity index (χ3v) is 19.9. The number of alkyl halides is 4. The van der Waals surface area contributed by atoms with Crippen LogP contribution in [0.25, 0.3) is 0 Å². The number of hydrogen-bond acceptors (Lipinski definition) is 26. The number of piperidine rings is 3. The minimum Gasteiger partial charge on any atom is -0.476 e. The van der Waals surface area contributed by atoms with Gasteiger partial charge in [0, 0.05) is 152 Å². The lowest BCUT2D eigenvalue weighted by Gasteiger charge is -2.42. The van der Waals surface area contributed by atoms with Gasteiger partial charge in [-0.3, -0.25) is 4.79 Å². The van der Waals surface area contributed by atoms with Crippen molar-refractivity contribution in [2.45, 2.75) is 232 Å². The summed E-state index contributed by atoms with van der Waals surface area (Å²) in [6.07, 6.45) is 8.19. The van der Waals surface area contributed by atoms with E-state index in [4.69, 9.17) is 107 Å². The maximum absolute atomic E-state index is 14.0. The van der Waals surface area contributed by atoms with Crippen LogP contribution < -0.4 is 27.8 Å². The van der Waals surface area contributed by atoms with Crippen molar-refractivity contribution < 1.29 is 100 Å². The van der Waals surface area contributed by atoms with E-state index < -0.39 is 68.6 Å². The van der Waals surface area contributed by atoms with Crippen molar-refractivity contribution in [1.82, 2.24) is 50.2 Å². The van der Waals surface area contributed by atoms with Gasteiger partial charge in [-0.2, -0.15) is 10.5 Å². The van der Waals surface area contributed by atoms with Crippen LogP contribution in [0.5, 0.6) is 0 Å². The smallest absolute Gasteiger partial charge is 0.476 e. The largest absolute Gasteiger partial charge is 0.519 e. The van der Waals surface area contributed by atoms with Gasteiger partial charge >= 0.3 is 42.7 Å². The molecule has 32 nitrogen and oxygen atoms in total. The number of nitrogens with two attached hydrogens (primary N) is 3. The molecule has 40 heteroatoms. The molecule has 6 heterocycles. The van der Waals surface area contributed by atoms with Crippen LogP contribution >= 0.6 is 46.4 Å². The molecule has 4 aliphatic heterocycles. The third kappa shape index (κ3) is 49.2. The van der Waals surface area contributed by atoms with Gasteiger partial charge in [0.05, 0.1) is 24.0 Å². The number of nitrogens with zero attached hydrogens (tertiary/aromatic N) is 10. The quantitative estimate of drug-likeness (QED) is 0.0123. The lowest BCUT2D eigenvalue weighted by atomic mass is 9.72. The van der Waals surface area contributed by atoms with Crippen LogP contribution in [-0.4, -0.2) is 242 Å². The Hall–Kier alpha value is -10.9. The van der Waals surface area contributed by atoms with Crippen LogP contribution in [0.3, 0.4) is 0 Å². The van der Waals surface area contributed by atoms with E-state index in [0.29, 0.717) is 127 Å². The van der Waals surface area contributed by atoms with Crippen molar-refractivity contribution in [1.29, 1.82) is 10.5 Å². The number of amides is 5. The monoisotopic (exact) mass is 1990 g/mol. The molecule has 0 aliphatic carbocycles. The van der Waals surface area contributed by atoms with E-state index in [2.05, 4.69) is 41.4 Å². The van der Waals surface area contributed by atoms with Crippen molar-refractivity contribution in [2.75, 3.05) is 127 Å². The fourth-order valence-electron chi connectivity index (χ4n) is 12.7. The Morgan fingerprint density at radius 1 is 0.493 bits per heavy atom. The Balaban J connectivity index is 0.000000804. The number of halogens is 8. The summed E-state index contributed by atoms with van der Waals surface area (Å²) in [6.45, 7) is 40.1. The number of nitriles is 2. The summed E-state index contributed by atoms with van der Waals surface area (Å²) in [7, 11) is 0. The zero-order valence-corrected chi connectivity index (χ0v) is 84.4. The topological polar surface area (TPSA) is 445 Å². The van der Waals surface area contributed by atoms with E-state index in [1.54, 1.807) is 98.7 Å². The van der Waals surface area contributed by atoms with E-state index in [-0.39, 0.29) is 90.5 Å². The lowest BCUT2D eigenvalue weighted by molar-refractivity contribution is -0.0296.